The van der Waals surface area contributed by atoms with Gasteiger partial charge in [0.25, 0.3) is 0 Å². The van der Waals surface area contributed by atoms with E-state index in [4.69, 9.17) is 10.5 Å². The average Bonchev–Trinajstić information content (AvgIpc) is 3.17. The number of carbonyl (C=O) groups is 2. The molecule has 4 N–H and O–H groups in total. The molecule has 0 saturated heterocycles. The van der Waals surface area contributed by atoms with Gasteiger partial charge in [-0.1, -0.05) is 42.5 Å². The van der Waals surface area contributed by atoms with Crippen LogP contribution in [0, 0.1) is 0 Å². The maximum atomic E-state index is 12.1. The summed E-state index contributed by atoms with van der Waals surface area (Å²) in [5, 5.41) is 3.92. The minimum Gasteiger partial charge on any atom is -0.461 e. The van der Waals surface area contributed by atoms with E-state index in [1.54, 1.807) is 0 Å². The zero-order valence-electron chi connectivity index (χ0n) is 15.0. The number of hydrogen-bond acceptors (Lipinski definition) is 4. The minimum absolute atomic E-state index is 0.147. The molecule has 2 aromatic carbocycles. The number of H-pyrrole nitrogens is 1. The van der Waals surface area contributed by atoms with E-state index >= 15 is 0 Å². The van der Waals surface area contributed by atoms with E-state index in [0.29, 0.717) is 13.0 Å². The van der Waals surface area contributed by atoms with Crippen molar-refractivity contribution in [2.45, 2.75) is 25.5 Å². The third-order valence-electron chi connectivity index (χ3n) is 4.34. The lowest BCUT2D eigenvalue weighted by molar-refractivity contribution is -0.146. The van der Waals surface area contributed by atoms with Gasteiger partial charge in [0, 0.05) is 23.6 Å². The van der Waals surface area contributed by atoms with Crippen molar-refractivity contribution in [3.63, 3.8) is 0 Å². The molecule has 6 nitrogen and oxygen atoms in total. The zero-order chi connectivity index (χ0) is 19.1. The average molecular weight is 365 g/mol. The van der Waals surface area contributed by atoms with Crippen molar-refractivity contribution in [2.24, 2.45) is 5.73 Å². The first-order chi connectivity index (χ1) is 13.1. The van der Waals surface area contributed by atoms with Crippen LogP contribution in [0.4, 0.5) is 0 Å². The van der Waals surface area contributed by atoms with Crippen molar-refractivity contribution in [1.29, 1.82) is 0 Å². The highest BCUT2D eigenvalue weighted by atomic mass is 16.5. The molecule has 27 heavy (non-hydrogen) atoms. The van der Waals surface area contributed by atoms with E-state index in [2.05, 4.69) is 10.3 Å². The summed E-state index contributed by atoms with van der Waals surface area (Å²) in [5.41, 5.74) is 8.92. The number of aromatic amines is 1. The lowest BCUT2D eigenvalue weighted by Crippen LogP contribution is -2.42. The van der Waals surface area contributed by atoms with E-state index in [9.17, 15) is 9.59 Å². The van der Waals surface area contributed by atoms with Gasteiger partial charge in [-0.05, 0) is 29.7 Å². The van der Waals surface area contributed by atoms with E-state index in [1.807, 2.05) is 60.8 Å². The van der Waals surface area contributed by atoms with Gasteiger partial charge in [0.15, 0.2) is 0 Å². The zero-order valence-corrected chi connectivity index (χ0v) is 15.0. The van der Waals surface area contributed by atoms with Gasteiger partial charge in [0.1, 0.15) is 6.61 Å². The van der Waals surface area contributed by atoms with Crippen molar-refractivity contribution < 1.29 is 14.3 Å². The Balaban J connectivity index is 1.41. The van der Waals surface area contributed by atoms with E-state index in [1.165, 1.54) is 0 Å². The largest absolute Gasteiger partial charge is 0.461 e. The van der Waals surface area contributed by atoms with Crippen LogP contribution in [0.1, 0.15) is 17.5 Å². The molecule has 1 heterocycles. The summed E-state index contributed by atoms with van der Waals surface area (Å²) < 4.78 is 5.16. The van der Waals surface area contributed by atoms with E-state index < -0.39 is 12.0 Å². The topological polar surface area (TPSA) is 97.2 Å². The number of carbonyl (C=O) groups excluding carboxylic acids is 2. The first-order valence-electron chi connectivity index (χ1n) is 8.91. The fourth-order valence-electron chi connectivity index (χ4n) is 2.89. The van der Waals surface area contributed by atoms with Crippen LogP contribution in [0.25, 0.3) is 10.9 Å². The molecular formula is C21H23N3O3. The molecule has 1 aromatic heterocycles. The van der Waals surface area contributed by atoms with Crippen LogP contribution in [0.15, 0.2) is 60.8 Å². The summed E-state index contributed by atoms with van der Waals surface area (Å²) in [6.45, 7) is 0.630. The van der Waals surface area contributed by atoms with Crippen molar-refractivity contribution in [1.82, 2.24) is 10.3 Å². The Kier molecular flexibility index (Phi) is 6.22. The number of ether oxygens (including phenoxy) is 1. The monoisotopic (exact) mass is 365 g/mol. The Morgan fingerprint density at radius 3 is 2.70 bits per heavy atom. The van der Waals surface area contributed by atoms with Gasteiger partial charge in [-0.2, -0.15) is 0 Å². The number of rotatable bonds is 8. The fourth-order valence-corrected chi connectivity index (χ4v) is 2.89. The van der Waals surface area contributed by atoms with Crippen LogP contribution in [0.2, 0.25) is 0 Å². The van der Waals surface area contributed by atoms with Crippen LogP contribution in [-0.2, 0) is 27.4 Å². The van der Waals surface area contributed by atoms with Crippen LogP contribution in [-0.4, -0.2) is 29.4 Å². The second kappa shape index (κ2) is 9.00. The number of hydrogen-bond donors (Lipinski definition) is 3. The predicted molar refractivity (Wildman–Crippen MR) is 104 cm³/mol. The molecule has 0 aliphatic heterocycles. The number of benzene rings is 2. The Hall–Kier alpha value is -3.12. The van der Waals surface area contributed by atoms with Gasteiger partial charge in [0.05, 0.1) is 12.5 Å². The number of aromatic nitrogens is 1. The van der Waals surface area contributed by atoms with Crippen LogP contribution < -0.4 is 11.1 Å². The van der Waals surface area contributed by atoms with Gasteiger partial charge >= 0.3 is 5.97 Å². The summed E-state index contributed by atoms with van der Waals surface area (Å²) in [4.78, 5) is 27.1. The first-order valence-corrected chi connectivity index (χ1v) is 8.91. The summed E-state index contributed by atoms with van der Waals surface area (Å²) in [5.74, 6) is -0.841. The van der Waals surface area contributed by atoms with Gasteiger partial charge < -0.3 is 20.8 Å². The van der Waals surface area contributed by atoms with E-state index in [-0.39, 0.29) is 18.9 Å². The van der Waals surface area contributed by atoms with Crippen LogP contribution >= 0.6 is 0 Å². The Labute approximate surface area is 157 Å². The molecule has 0 saturated carbocycles. The number of fused-ring (bicyclic) bond motifs is 1. The van der Waals surface area contributed by atoms with Crippen molar-refractivity contribution >= 4 is 22.8 Å². The lowest BCUT2D eigenvalue weighted by atomic mass is 10.1. The van der Waals surface area contributed by atoms with Gasteiger partial charge in [-0.3, -0.25) is 9.59 Å². The molecule has 0 spiro atoms. The SMILES string of the molecule is N[C@@H](CC(=O)OCc1ccccc1)C(=O)NCCc1cccc2[nH]ccc12. The normalized spacial score (nSPS) is 11.9. The molecule has 3 aromatic rings. The molecule has 0 radical (unpaired) electrons. The molecule has 0 unspecified atom stereocenters. The maximum absolute atomic E-state index is 12.1. The van der Waals surface area contributed by atoms with Gasteiger partial charge in [-0.15, -0.1) is 0 Å². The highest BCUT2D eigenvalue weighted by molar-refractivity contribution is 5.86. The lowest BCUT2D eigenvalue weighted by Gasteiger charge is -2.12. The number of amides is 1. The summed E-state index contributed by atoms with van der Waals surface area (Å²) in [6, 6.07) is 16.5. The quantitative estimate of drug-likeness (QED) is 0.534. The molecular weight excluding hydrogens is 342 g/mol. The van der Waals surface area contributed by atoms with Crippen LogP contribution in [0.3, 0.4) is 0 Å². The summed E-state index contributed by atoms with van der Waals surface area (Å²) >= 11 is 0. The molecule has 6 heteroatoms. The van der Waals surface area contributed by atoms with Gasteiger partial charge in [-0.25, -0.2) is 0 Å². The molecule has 0 aliphatic rings. The molecule has 1 atom stereocenters. The second-order valence-electron chi connectivity index (χ2n) is 6.35. The van der Waals surface area contributed by atoms with E-state index in [0.717, 1.165) is 22.0 Å². The number of nitrogens with one attached hydrogen (secondary N) is 2. The summed E-state index contributed by atoms with van der Waals surface area (Å²) in [7, 11) is 0. The molecule has 0 bridgehead atoms. The predicted octanol–water partition coefficient (Wildman–Crippen LogP) is 2.29. The molecule has 0 aliphatic carbocycles. The standard InChI is InChI=1S/C21H23N3O3/c22-18(13-20(25)27-14-15-5-2-1-3-6-15)21(26)24-11-9-16-7-4-8-19-17(16)10-12-23-19/h1-8,10,12,18,23H,9,11,13-14,22H2,(H,24,26)/t18-/m0/s1. The third kappa shape index (κ3) is 5.18. The maximum Gasteiger partial charge on any atom is 0.308 e. The number of nitrogens with two attached hydrogens (primary N) is 1. The van der Waals surface area contributed by atoms with Crippen molar-refractivity contribution in [2.75, 3.05) is 6.54 Å². The second-order valence-corrected chi connectivity index (χ2v) is 6.35. The van der Waals surface area contributed by atoms with Crippen LogP contribution in [0.5, 0.6) is 0 Å². The van der Waals surface area contributed by atoms with Gasteiger partial charge in [0.2, 0.25) is 5.91 Å². The Morgan fingerprint density at radius 2 is 1.89 bits per heavy atom. The molecule has 1 amide bonds. The molecule has 3 rings (SSSR count). The first kappa shape index (κ1) is 18.7. The molecule has 140 valence electrons. The smallest absolute Gasteiger partial charge is 0.308 e. The Morgan fingerprint density at radius 1 is 1.07 bits per heavy atom. The van der Waals surface area contributed by atoms with Crippen molar-refractivity contribution in [3.8, 4) is 0 Å². The highest BCUT2D eigenvalue weighted by Gasteiger charge is 2.18. The molecule has 0 fully saturated rings. The third-order valence-corrected chi connectivity index (χ3v) is 4.34. The summed E-state index contributed by atoms with van der Waals surface area (Å²) in [6.07, 6.45) is 2.43. The number of esters is 1. The minimum atomic E-state index is -0.920. The van der Waals surface area contributed by atoms with Crippen molar-refractivity contribution in [3.05, 3.63) is 71.9 Å². The highest BCUT2D eigenvalue weighted by Crippen LogP contribution is 2.17. The Bertz CT molecular complexity index is 905. The fraction of sp³-hybridized carbons (Fsp3) is 0.238.